The van der Waals surface area contributed by atoms with Crippen molar-refractivity contribution in [3.63, 3.8) is 0 Å². The van der Waals surface area contributed by atoms with Gasteiger partial charge in [0.25, 0.3) is 0 Å². The van der Waals surface area contributed by atoms with Gasteiger partial charge in [-0.15, -0.1) is 0 Å². The molecule has 1 heterocycles. The van der Waals surface area contributed by atoms with E-state index in [1.54, 1.807) is 12.3 Å². The number of rotatable bonds is 4. The molecule has 2 rings (SSSR count). The molecule has 1 atom stereocenters. The van der Waals surface area contributed by atoms with Crippen molar-refractivity contribution in [3.8, 4) is 0 Å². The van der Waals surface area contributed by atoms with Crippen molar-refractivity contribution in [2.75, 3.05) is 5.32 Å². The number of halogens is 4. The summed E-state index contributed by atoms with van der Waals surface area (Å²) in [7, 11) is 0. The summed E-state index contributed by atoms with van der Waals surface area (Å²) in [5, 5.41) is 4.90. The zero-order valence-electron chi connectivity index (χ0n) is 10.6. The molecule has 0 aliphatic carbocycles. The molecule has 106 valence electrons. The van der Waals surface area contributed by atoms with Gasteiger partial charge in [-0.3, -0.25) is 0 Å². The van der Waals surface area contributed by atoms with Gasteiger partial charge in [-0.2, -0.15) is 0 Å². The molecular formula is C14H12BrCl3N2. The number of nitrogens with zero attached hydrogens (tertiary/aromatic N) is 1. The van der Waals surface area contributed by atoms with E-state index in [0.717, 1.165) is 22.1 Å². The number of hydrogen-bond donors (Lipinski definition) is 1. The monoisotopic (exact) mass is 392 g/mol. The summed E-state index contributed by atoms with van der Waals surface area (Å²) < 4.78 is 0.869. The normalized spacial score (nSPS) is 12.2. The lowest BCUT2D eigenvalue weighted by atomic mass is 10.0. The molecule has 1 unspecified atom stereocenters. The maximum atomic E-state index is 6.10. The van der Waals surface area contributed by atoms with Crippen LogP contribution in [0.5, 0.6) is 0 Å². The van der Waals surface area contributed by atoms with Gasteiger partial charge in [0.05, 0.1) is 21.8 Å². The van der Waals surface area contributed by atoms with E-state index in [1.165, 1.54) is 0 Å². The van der Waals surface area contributed by atoms with E-state index in [4.69, 9.17) is 34.8 Å². The van der Waals surface area contributed by atoms with Gasteiger partial charge in [-0.1, -0.05) is 47.8 Å². The third-order valence-electron chi connectivity index (χ3n) is 2.89. The topological polar surface area (TPSA) is 24.9 Å². The standard InChI is InChI=1S/C14H12BrCl3N2/c1-2-12(8-3-4-10(16)11(17)5-8)20-13-6-9(15)7-19-14(13)18/h3-7,12,20H,2H2,1H3. The van der Waals surface area contributed by atoms with Gasteiger partial charge in [0.1, 0.15) is 0 Å². The Balaban J connectivity index is 2.28. The van der Waals surface area contributed by atoms with Gasteiger partial charge in [0, 0.05) is 10.7 Å². The van der Waals surface area contributed by atoms with E-state index in [9.17, 15) is 0 Å². The molecule has 0 amide bonds. The number of benzene rings is 1. The second-order valence-electron chi connectivity index (χ2n) is 4.27. The van der Waals surface area contributed by atoms with E-state index in [-0.39, 0.29) is 6.04 Å². The van der Waals surface area contributed by atoms with E-state index in [0.29, 0.717) is 15.2 Å². The Bertz CT molecular complexity index is 619. The van der Waals surface area contributed by atoms with E-state index in [2.05, 4.69) is 33.2 Å². The lowest BCUT2D eigenvalue weighted by Gasteiger charge is -2.20. The number of hydrogen-bond acceptors (Lipinski definition) is 2. The van der Waals surface area contributed by atoms with Gasteiger partial charge in [-0.05, 0) is 46.1 Å². The highest BCUT2D eigenvalue weighted by atomic mass is 79.9. The molecule has 0 bridgehead atoms. The van der Waals surface area contributed by atoms with Crippen molar-refractivity contribution < 1.29 is 0 Å². The molecule has 6 heteroatoms. The molecule has 0 fully saturated rings. The van der Waals surface area contributed by atoms with Crippen LogP contribution in [0.3, 0.4) is 0 Å². The summed E-state index contributed by atoms with van der Waals surface area (Å²) >= 11 is 21.5. The Kier molecular flexibility index (Phi) is 5.56. The van der Waals surface area contributed by atoms with Gasteiger partial charge in [-0.25, -0.2) is 4.98 Å². The van der Waals surface area contributed by atoms with Crippen LogP contribution in [-0.2, 0) is 0 Å². The van der Waals surface area contributed by atoms with E-state index in [1.807, 2.05) is 18.2 Å². The van der Waals surface area contributed by atoms with Crippen LogP contribution in [0.2, 0.25) is 15.2 Å². The van der Waals surface area contributed by atoms with Crippen molar-refractivity contribution in [1.29, 1.82) is 0 Å². The predicted octanol–water partition coefficient (Wildman–Crippen LogP) is 6.37. The Morgan fingerprint density at radius 3 is 2.60 bits per heavy atom. The number of aromatic nitrogens is 1. The highest BCUT2D eigenvalue weighted by Gasteiger charge is 2.13. The smallest absolute Gasteiger partial charge is 0.152 e. The fourth-order valence-corrected chi connectivity index (χ4v) is 2.66. The van der Waals surface area contributed by atoms with E-state index < -0.39 is 0 Å². The third kappa shape index (κ3) is 3.79. The average molecular weight is 395 g/mol. The average Bonchev–Trinajstić information content (AvgIpc) is 2.43. The summed E-state index contributed by atoms with van der Waals surface area (Å²) in [5.41, 5.74) is 1.83. The maximum absolute atomic E-state index is 6.10. The zero-order chi connectivity index (χ0) is 14.7. The molecular weight excluding hydrogens is 382 g/mol. The van der Waals surface area contributed by atoms with Crippen LogP contribution in [0, 0.1) is 0 Å². The van der Waals surface area contributed by atoms with Crippen LogP contribution in [-0.4, -0.2) is 4.98 Å². The second-order valence-corrected chi connectivity index (χ2v) is 6.36. The summed E-state index contributed by atoms with van der Waals surface area (Å²) in [6, 6.07) is 7.59. The first-order valence-corrected chi connectivity index (χ1v) is 7.96. The highest BCUT2D eigenvalue weighted by Crippen LogP contribution is 2.31. The first-order valence-electron chi connectivity index (χ1n) is 6.03. The van der Waals surface area contributed by atoms with Crippen molar-refractivity contribution in [2.45, 2.75) is 19.4 Å². The quantitative estimate of drug-likeness (QED) is 0.610. The van der Waals surface area contributed by atoms with Crippen molar-refractivity contribution in [2.24, 2.45) is 0 Å². The third-order valence-corrected chi connectivity index (χ3v) is 4.36. The maximum Gasteiger partial charge on any atom is 0.152 e. The van der Waals surface area contributed by atoms with E-state index >= 15 is 0 Å². The van der Waals surface area contributed by atoms with Crippen LogP contribution >= 0.6 is 50.7 Å². The fourth-order valence-electron chi connectivity index (χ4n) is 1.86. The Labute approximate surface area is 141 Å². The molecule has 0 saturated heterocycles. The summed E-state index contributed by atoms with van der Waals surface area (Å²) in [6.45, 7) is 2.08. The number of nitrogens with one attached hydrogen (secondary N) is 1. The van der Waals surface area contributed by atoms with Crippen LogP contribution in [0.4, 0.5) is 5.69 Å². The molecule has 0 aliphatic heterocycles. The number of anilines is 1. The first-order chi connectivity index (χ1) is 9.51. The fraction of sp³-hybridized carbons (Fsp3) is 0.214. The van der Waals surface area contributed by atoms with Crippen LogP contribution in [0.1, 0.15) is 24.9 Å². The summed E-state index contributed by atoms with van der Waals surface area (Å²) in [4.78, 5) is 4.10. The minimum absolute atomic E-state index is 0.0818. The molecule has 0 spiro atoms. The van der Waals surface area contributed by atoms with Crippen molar-refractivity contribution in [1.82, 2.24) is 4.98 Å². The molecule has 0 radical (unpaired) electrons. The molecule has 0 saturated carbocycles. The van der Waals surface area contributed by atoms with Crippen LogP contribution < -0.4 is 5.32 Å². The van der Waals surface area contributed by atoms with Gasteiger partial charge >= 0.3 is 0 Å². The summed E-state index contributed by atoms with van der Waals surface area (Å²) in [5.74, 6) is 0. The van der Waals surface area contributed by atoms with Gasteiger partial charge in [0.15, 0.2) is 5.15 Å². The summed E-state index contributed by atoms with van der Waals surface area (Å²) in [6.07, 6.45) is 2.54. The van der Waals surface area contributed by atoms with Crippen LogP contribution in [0.15, 0.2) is 34.9 Å². The molecule has 1 aromatic carbocycles. The van der Waals surface area contributed by atoms with Gasteiger partial charge < -0.3 is 5.32 Å². The zero-order valence-corrected chi connectivity index (χ0v) is 14.5. The first kappa shape index (κ1) is 15.9. The molecule has 2 aromatic rings. The second kappa shape index (κ2) is 6.99. The SMILES string of the molecule is CCC(Nc1cc(Br)cnc1Cl)c1ccc(Cl)c(Cl)c1. The van der Waals surface area contributed by atoms with Crippen LogP contribution in [0.25, 0.3) is 0 Å². The number of pyridine rings is 1. The van der Waals surface area contributed by atoms with Crippen molar-refractivity contribution in [3.05, 3.63) is 55.7 Å². The lowest BCUT2D eigenvalue weighted by Crippen LogP contribution is -2.10. The highest BCUT2D eigenvalue weighted by molar-refractivity contribution is 9.10. The predicted molar refractivity (Wildman–Crippen MR) is 90.1 cm³/mol. The minimum atomic E-state index is 0.0818. The minimum Gasteiger partial charge on any atom is -0.376 e. The molecule has 2 nitrogen and oxygen atoms in total. The largest absolute Gasteiger partial charge is 0.376 e. The van der Waals surface area contributed by atoms with Crippen molar-refractivity contribution >= 4 is 56.4 Å². The molecule has 20 heavy (non-hydrogen) atoms. The Hall–Kier alpha value is -0.480. The molecule has 1 N–H and O–H groups in total. The Morgan fingerprint density at radius 1 is 1.20 bits per heavy atom. The molecule has 0 aliphatic rings. The lowest BCUT2D eigenvalue weighted by molar-refractivity contribution is 0.749. The molecule has 1 aromatic heterocycles. The van der Waals surface area contributed by atoms with Gasteiger partial charge in [0.2, 0.25) is 0 Å². The Morgan fingerprint density at radius 2 is 1.95 bits per heavy atom.